The first kappa shape index (κ1) is 33.8. The fraction of sp³-hybridized carbons (Fsp3) is 0.412. The summed E-state index contributed by atoms with van der Waals surface area (Å²) in [4.78, 5) is 29.4. The van der Waals surface area contributed by atoms with Crippen LogP contribution in [0.1, 0.15) is 47.2 Å². The fourth-order valence-corrected chi connectivity index (χ4v) is 6.99. The van der Waals surface area contributed by atoms with Crippen LogP contribution in [-0.2, 0) is 15.6 Å². The lowest BCUT2D eigenvalue weighted by Crippen LogP contribution is -2.51. The molecule has 0 bridgehead atoms. The maximum Gasteiger partial charge on any atom is 0.387 e. The molecule has 0 spiro atoms. The van der Waals surface area contributed by atoms with Crippen LogP contribution < -0.4 is 24.8 Å². The summed E-state index contributed by atoms with van der Waals surface area (Å²) < 4.78 is 41.3. The van der Waals surface area contributed by atoms with Crippen molar-refractivity contribution >= 4 is 35.0 Å². The van der Waals surface area contributed by atoms with E-state index in [0.717, 1.165) is 24.2 Å². The number of nitrogens with zero attached hydrogens (tertiary/aromatic N) is 1. The van der Waals surface area contributed by atoms with Gasteiger partial charge in [-0.2, -0.15) is 8.78 Å². The lowest BCUT2D eigenvalue weighted by molar-refractivity contribution is -0.127. The third kappa shape index (κ3) is 6.89. The van der Waals surface area contributed by atoms with E-state index in [-0.39, 0.29) is 34.6 Å². The Morgan fingerprint density at radius 3 is 2.22 bits per heavy atom. The molecule has 2 aliphatic heterocycles. The van der Waals surface area contributed by atoms with Gasteiger partial charge in [0, 0.05) is 30.6 Å². The average Bonchev–Trinajstić information content (AvgIpc) is 3.51. The van der Waals surface area contributed by atoms with Crippen LogP contribution in [0, 0.1) is 0 Å². The van der Waals surface area contributed by atoms with Crippen molar-refractivity contribution in [2.24, 2.45) is 0 Å². The van der Waals surface area contributed by atoms with Crippen molar-refractivity contribution in [1.82, 2.24) is 15.5 Å². The molecule has 3 aromatic carbocycles. The molecule has 8 nitrogen and oxygen atoms in total. The zero-order valence-corrected chi connectivity index (χ0v) is 27.2. The van der Waals surface area contributed by atoms with E-state index in [0.29, 0.717) is 55.4 Å². The molecule has 0 saturated carbocycles. The molecule has 12 heteroatoms. The molecule has 2 saturated heterocycles. The van der Waals surface area contributed by atoms with Gasteiger partial charge >= 0.3 is 6.61 Å². The molecule has 1 atom stereocenters. The number of methoxy groups -OCH3 is 2. The topological polar surface area (TPSA) is 89.1 Å². The average molecular weight is 677 g/mol. The zero-order valence-electron chi connectivity index (χ0n) is 25.7. The van der Waals surface area contributed by atoms with E-state index < -0.39 is 17.4 Å². The number of nitrogens with one attached hydrogen (secondary N) is 2. The van der Waals surface area contributed by atoms with E-state index in [1.54, 1.807) is 11.0 Å². The Kier molecular flexibility index (Phi) is 10.6. The summed E-state index contributed by atoms with van der Waals surface area (Å²) in [5.74, 6) is -0.734. The van der Waals surface area contributed by atoms with Crippen LogP contribution in [0.4, 0.5) is 8.78 Å². The van der Waals surface area contributed by atoms with Gasteiger partial charge in [0.1, 0.15) is 0 Å². The molecule has 0 radical (unpaired) electrons. The Morgan fingerprint density at radius 2 is 1.61 bits per heavy atom. The summed E-state index contributed by atoms with van der Waals surface area (Å²) in [6.45, 7) is -0.494. The summed E-state index contributed by atoms with van der Waals surface area (Å²) in [5, 5.41) is 7.40. The first-order chi connectivity index (χ1) is 22.1. The molecule has 246 valence electrons. The third-order valence-electron chi connectivity index (χ3n) is 9.19. The second kappa shape index (κ2) is 14.4. The van der Waals surface area contributed by atoms with Gasteiger partial charge in [0.15, 0.2) is 11.5 Å². The molecule has 2 aliphatic rings. The molecule has 3 aromatic rings. The molecular formula is C34H37Cl2F2N3O5. The van der Waals surface area contributed by atoms with Gasteiger partial charge in [-0.1, -0.05) is 59.6 Å². The van der Waals surface area contributed by atoms with E-state index in [9.17, 15) is 18.4 Å². The Hall–Kier alpha value is -3.60. The first-order valence-corrected chi connectivity index (χ1v) is 15.9. The number of ether oxygens (including phenoxy) is 3. The van der Waals surface area contributed by atoms with Gasteiger partial charge in [-0.05, 0) is 74.2 Å². The molecule has 1 unspecified atom stereocenters. The number of piperidine rings is 1. The summed E-state index contributed by atoms with van der Waals surface area (Å²) in [6.07, 6.45) is 2.52. The minimum atomic E-state index is -3.10. The largest absolute Gasteiger partial charge is 0.493 e. The van der Waals surface area contributed by atoms with Gasteiger partial charge < -0.3 is 29.7 Å². The highest BCUT2D eigenvalue weighted by Crippen LogP contribution is 2.43. The van der Waals surface area contributed by atoms with Crippen LogP contribution in [0.3, 0.4) is 0 Å². The van der Waals surface area contributed by atoms with Crippen LogP contribution in [-0.4, -0.2) is 70.3 Å². The molecule has 0 aliphatic carbocycles. The molecule has 0 aromatic heterocycles. The van der Waals surface area contributed by atoms with Crippen LogP contribution in [0.25, 0.3) is 0 Å². The van der Waals surface area contributed by atoms with E-state index >= 15 is 0 Å². The molecule has 2 heterocycles. The Balaban J connectivity index is 1.39. The Morgan fingerprint density at radius 1 is 0.935 bits per heavy atom. The summed E-state index contributed by atoms with van der Waals surface area (Å²) in [7, 11) is 2.60. The van der Waals surface area contributed by atoms with Crippen molar-refractivity contribution in [1.29, 1.82) is 0 Å². The van der Waals surface area contributed by atoms with E-state index in [1.807, 2.05) is 42.5 Å². The second-order valence-corrected chi connectivity index (χ2v) is 12.5. The number of hydrogen-bond acceptors (Lipinski definition) is 6. The summed E-state index contributed by atoms with van der Waals surface area (Å²) in [5.41, 5.74) is 0.935. The zero-order chi connectivity index (χ0) is 32.9. The van der Waals surface area contributed by atoms with Crippen molar-refractivity contribution in [3.8, 4) is 17.2 Å². The number of hydrogen-bond donors (Lipinski definition) is 2. The lowest BCUT2D eigenvalue weighted by atomic mass is 9.72. The number of carbonyl (C=O) groups excluding carboxylic acids is 2. The van der Waals surface area contributed by atoms with Gasteiger partial charge in [0.25, 0.3) is 5.91 Å². The van der Waals surface area contributed by atoms with Crippen LogP contribution in [0.15, 0.2) is 60.7 Å². The molecule has 5 rings (SSSR count). The van der Waals surface area contributed by atoms with Crippen molar-refractivity contribution < 1.29 is 32.6 Å². The van der Waals surface area contributed by atoms with Gasteiger partial charge in [-0.25, -0.2) is 0 Å². The van der Waals surface area contributed by atoms with Crippen LogP contribution in [0.2, 0.25) is 10.0 Å². The number of carbonyl (C=O) groups is 2. The Bertz CT molecular complexity index is 1530. The fourth-order valence-electron chi connectivity index (χ4n) is 6.69. The minimum Gasteiger partial charge on any atom is -0.493 e. The number of likely N-dealkylation sites (tertiary alicyclic amines) is 1. The third-order valence-corrected chi connectivity index (χ3v) is 9.93. The predicted molar refractivity (Wildman–Crippen MR) is 173 cm³/mol. The molecular weight excluding hydrogens is 639 g/mol. The van der Waals surface area contributed by atoms with Crippen molar-refractivity contribution in [3.05, 3.63) is 87.4 Å². The normalized spacial score (nSPS) is 19.2. The predicted octanol–water partition coefficient (Wildman–Crippen LogP) is 6.22. The lowest BCUT2D eigenvalue weighted by Gasteiger charge is -2.37. The van der Waals surface area contributed by atoms with Crippen molar-refractivity contribution in [2.75, 3.05) is 46.9 Å². The first-order valence-electron chi connectivity index (χ1n) is 15.1. The van der Waals surface area contributed by atoms with Crippen LogP contribution in [0.5, 0.6) is 17.2 Å². The minimum absolute atomic E-state index is 0.0132. The highest BCUT2D eigenvalue weighted by Gasteiger charge is 2.44. The maximum atomic E-state index is 13.9. The van der Waals surface area contributed by atoms with Gasteiger partial charge in [-0.3, -0.25) is 9.59 Å². The Labute approximate surface area is 277 Å². The van der Waals surface area contributed by atoms with Gasteiger partial charge in [-0.15, -0.1) is 0 Å². The molecule has 46 heavy (non-hydrogen) atoms. The highest BCUT2D eigenvalue weighted by molar-refractivity contribution is 6.42. The number of benzene rings is 3. The standard InChI is InChI=1S/C34H37Cl2F2N3O5/c1-44-27-18-22(19-28(45-2)29(27)46-32(37)38)30(42)41-17-13-33(21-41,24-8-9-25(35)26(36)20-24)10-16-40-31(43)34(11-14-39-15-12-34)23-6-4-3-5-7-23/h3-9,18-20,32,39H,10-17,21H2,1-2H3,(H,40,43). The van der Waals surface area contributed by atoms with E-state index in [1.165, 1.54) is 26.4 Å². The second-order valence-electron chi connectivity index (χ2n) is 11.7. The molecule has 2 amide bonds. The molecule has 2 N–H and O–H groups in total. The van der Waals surface area contributed by atoms with Crippen molar-refractivity contribution in [3.63, 3.8) is 0 Å². The van der Waals surface area contributed by atoms with Crippen molar-refractivity contribution in [2.45, 2.75) is 43.1 Å². The van der Waals surface area contributed by atoms with Crippen LogP contribution >= 0.6 is 23.2 Å². The molecule has 2 fully saturated rings. The number of halogens is 4. The quantitative estimate of drug-likeness (QED) is 0.251. The van der Waals surface area contributed by atoms with Gasteiger partial charge in [0.05, 0.1) is 29.7 Å². The van der Waals surface area contributed by atoms with E-state index in [4.69, 9.17) is 32.7 Å². The number of alkyl halides is 2. The van der Waals surface area contributed by atoms with Gasteiger partial charge in [0.2, 0.25) is 11.7 Å². The SMILES string of the molecule is COc1cc(C(=O)N2CCC(CCNC(=O)C3(c4ccccc4)CCNCC3)(c3ccc(Cl)c(Cl)c3)C2)cc(OC)c1OC(F)F. The van der Waals surface area contributed by atoms with E-state index in [2.05, 4.69) is 15.4 Å². The smallest absolute Gasteiger partial charge is 0.387 e. The summed E-state index contributed by atoms with van der Waals surface area (Å²) in [6, 6.07) is 18.1. The maximum absolute atomic E-state index is 13.9. The number of rotatable bonds is 11. The number of amides is 2. The monoisotopic (exact) mass is 675 g/mol. The highest BCUT2D eigenvalue weighted by atomic mass is 35.5. The summed E-state index contributed by atoms with van der Waals surface area (Å²) >= 11 is 12.7.